The van der Waals surface area contributed by atoms with Gasteiger partial charge in [-0.3, -0.25) is 4.90 Å². The summed E-state index contributed by atoms with van der Waals surface area (Å²) in [4.78, 5) is 4.79. The molecule has 2 N–H and O–H groups in total. The minimum absolute atomic E-state index is 0.101. The zero-order chi connectivity index (χ0) is 13.2. The highest BCUT2D eigenvalue weighted by molar-refractivity contribution is 4.92. The molecule has 0 amide bonds. The van der Waals surface area contributed by atoms with Gasteiger partial charge in [0, 0.05) is 39.3 Å². The van der Waals surface area contributed by atoms with Gasteiger partial charge in [-0.1, -0.05) is 13.8 Å². The molecule has 2 unspecified atom stereocenters. The Labute approximate surface area is 111 Å². The molecule has 18 heavy (non-hydrogen) atoms. The third kappa shape index (κ3) is 3.23. The third-order valence-electron chi connectivity index (χ3n) is 4.78. The highest BCUT2D eigenvalue weighted by Crippen LogP contribution is 2.41. The topological polar surface area (TPSA) is 46.9 Å². The largest absolute Gasteiger partial charge is 0.395 e. The lowest BCUT2D eigenvalue weighted by Crippen LogP contribution is -2.49. The number of aliphatic hydroxyl groups is 2. The van der Waals surface area contributed by atoms with Crippen LogP contribution in [0.1, 0.15) is 26.7 Å². The van der Waals surface area contributed by atoms with Gasteiger partial charge in [-0.2, -0.15) is 0 Å². The van der Waals surface area contributed by atoms with Crippen molar-refractivity contribution in [3.05, 3.63) is 0 Å². The Morgan fingerprint density at radius 1 is 1.11 bits per heavy atom. The molecule has 106 valence electrons. The monoisotopic (exact) mass is 256 g/mol. The Hall–Kier alpha value is -0.160. The van der Waals surface area contributed by atoms with Crippen molar-refractivity contribution in [1.29, 1.82) is 0 Å². The normalized spacial score (nSPS) is 34.0. The summed E-state index contributed by atoms with van der Waals surface area (Å²) in [7, 11) is 0. The summed E-state index contributed by atoms with van der Waals surface area (Å²) in [6, 6.07) is 0. The van der Waals surface area contributed by atoms with Gasteiger partial charge in [-0.25, -0.2) is 0 Å². The lowest BCUT2D eigenvalue weighted by molar-refractivity contribution is 0.0234. The van der Waals surface area contributed by atoms with Crippen LogP contribution in [-0.2, 0) is 0 Å². The number of nitrogens with zero attached hydrogens (tertiary/aromatic N) is 2. The fraction of sp³-hybridized carbons (Fsp3) is 1.00. The Morgan fingerprint density at radius 3 is 2.22 bits per heavy atom. The first-order valence-electron chi connectivity index (χ1n) is 7.26. The van der Waals surface area contributed by atoms with E-state index >= 15 is 0 Å². The first kappa shape index (κ1) is 14.3. The number of β-amino-alcohol motifs (C(OH)–C–C–N with tert-alkyl or cyclic N) is 1. The Bertz CT molecular complexity index is 263. The van der Waals surface area contributed by atoms with Gasteiger partial charge >= 0.3 is 0 Å². The first-order valence-corrected chi connectivity index (χ1v) is 7.26. The predicted octanol–water partition coefficient (Wildman–Crippen LogP) is 0.393. The van der Waals surface area contributed by atoms with Crippen LogP contribution in [0.15, 0.2) is 0 Å². The van der Waals surface area contributed by atoms with Gasteiger partial charge in [0.1, 0.15) is 0 Å². The molecule has 1 aliphatic carbocycles. The quantitative estimate of drug-likeness (QED) is 0.764. The predicted molar refractivity (Wildman–Crippen MR) is 72.5 cm³/mol. The van der Waals surface area contributed by atoms with Gasteiger partial charge in [0.25, 0.3) is 0 Å². The van der Waals surface area contributed by atoms with E-state index < -0.39 is 0 Å². The number of aliphatic hydroxyl groups excluding tert-OH is 2. The van der Waals surface area contributed by atoms with Crippen LogP contribution in [0.4, 0.5) is 0 Å². The van der Waals surface area contributed by atoms with Crippen molar-refractivity contribution in [2.45, 2.75) is 32.8 Å². The maximum Gasteiger partial charge on any atom is 0.0631 e. The van der Waals surface area contributed by atoms with E-state index in [4.69, 9.17) is 5.11 Å². The minimum Gasteiger partial charge on any atom is -0.395 e. The van der Waals surface area contributed by atoms with E-state index in [1.54, 1.807) is 0 Å². The minimum atomic E-state index is -0.145. The van der Waals surface area contributed by atoms with E-state index in [9.17, 15) is 5.11 Å². The van der Waals surface area contributed by atoms with Crippen molar-refractivity contribution in [3.63, 3.8) is 0 Å². The molecule has 0 radical (unpaired) electrons. The Kier molecular flexibility index (Phi) is 4.64. The molecule has 0 aromatic heterocycles. The molecule has 1 saturated heterocycles. The molecule has 2 fully saturated rings. The molecule has 2 atom stereocenters. The fourth-order valence-electron chi connectivity index (χ4n) is 3.36. The Morgan fingerprint density at radius 2 is 1.72 bits per heavy atom. The molecule has 1 aliphatic heterocycles. The number of hydrogen-bond donors (Lipinski definition) is 2. The van der Waals surface area contributed by atoms with E-state index in [-0.39, 0.29) is 18.1 Å². The van der Waals surface area contributed by atoms with E-state index in [0.717, 1.165) is 52.1 Å². The second-order valence-electron chi connectivity index (χ2n) is 6.60. The molecule has 0 bridgehead atoms. The maximum atomic E-state index is 10.3. The average Bonchev–Trinajstić information content (AvgIpc) is 2.59. The van der Waals surface area contributed by atoms with E-state index in [1.165, 1.54) is 0 Å². The molecular weight excluding hydrogens is 228 g/mol. The number of rotatable bonds is 4. The van der Waals surface area contributed by atoms with E-state index in [2.05, 4.69) is 23.6 Å². The SMILES string of the molecule is CC1(C)CCC(CN2CCN(CCO)CC2)C1O. The van der Waals surface area contributed by atoms with Crippen LogP contribution < -0.4 is 0 Å². The van der Waals surface area contributed by atoms with E-state index in [1.807, 2.05) is 0 Å². The van der Waals surface area contributed by atoms with Crippen LogP contribution >= 0.6 is 0 Å². The average molecular weight is 256 g/mol. The highest BCUT2D eigenvalue weighted by atomic mass is 16.3. The van der Waals surface area contributed by atoms with Crippen molar-refractivity contribution in [2.75, 3.05) is 45.9 Å². The second kappa shape index (κ2) is 5.87. The fourth-order valence-corrected chi connectivity index (χ4v) is 3.36. The summed E-state index contributed by atoms with van der Waals surface area (Å²) in [5.74, 6) is 0.449. The third-order valence-corrected chi connectivity index (χ3v) is 4.78. The molecule has 4 heteroatoms. The molecule has 0 aromatic rings. The molecular formula is C14H28N2O2. The zero-order valence-corrected chi connectivity index (χ0v) is 11.8. The first-order chi connectivity index (χ1) is 8.53. The highest BCUT2D eigenvalue weighted by Gasteiger charge is 2.41. The summed E-state index contributed by atoms with van der Waals surface area (Å²) < 4.78 is 0. The lowest BCUT2D eigenvalue weighted by Gasteiger charge is -2.36. The standard InChI is InChI=1S/C14H28N2O2/c1-14(2)4-3-12(13(14)18)11-16-7-5-15(6-8-16)9-10-17/h12-13,17-18H,3-11H2,1-2H3. The number of piperazine rings is 1. The molecule has 1 saturated carbocycles. The van der Waals surface area contributed by atoms with Gasteiger partial charge in [0.2, 0.25) is 0 Å². The van der Waals surface area contributed by atoms with Crippen LogP contribution in [0.5, 0.6) is 0 Å². The van der Waals surface area contributed by atoms with Gasteiger partial charge in [-0.15, -0.1) is 0 Å². The van der Waals surface area contributed by atoms with E-state index in [0.29, 0.717) is 5.92 Å². The summed E-state index contributed by atoms with van der Waals surface area (Å²) in [6.45, 7) is 10.7. The Balaban J connectivity index is 1.75. The molecule has 4 nitrogen and oxygen atoms in total. The van der Waals surface area contributed by atoms with Gasteiger partial charge < -0.3 is 15.1 Å². The summed E-state index contributed by atoms with van der Waals surface area (Å²) in [5.41, 5.74) is 0.101. The van der Waals surface area contributed by atoms with Crippen molar-refractivity contribution in [2.24, 2.45) is 11.3 Å². The van der Waals surface area contributed by atoms with Gasteiger partial charge in [-0.05, 0) is 24.2 Å². The zero-order valence-electron chi connectivity index (χ0n) is 11.8. The maximum absolute atomic E-state index is 10.3. The smallest absolute Gasteiger partial charge is 0.0631 e. The van der Waals surface area contributed by atoms with Crippen molar-refractivity contribution in [3.8, 4) is 0 Å². The molecule has 1 heterocycles. The summed E-state index contributed by atoms with van der Waals surface area (Å²) >= 11 is 0. The lowest BCUT2D eigenvalue weighted by atomic mass is 9.87. The molecule has 0 aromatic carbocycles. The van der Waals surface area contributed by atoms with Gasteiger partial charge in [0.05, 0.1) is 12.7 Å². The van der Waals surface area contributed by atoms with Crippen LogP contribution in [0.3, 0.4) is 0 Å². The molecule has 0 spiro atoms. The van der Waals surface area contributed by atoms with Crippen molar-refractivity contribution < 1.29 is 10.2 Å². The molecule has 2 rings (SSSR count). The van der Waals surface area contributed by atoms with Crippen molar-refractivity contribution in [1.82, 2.24) is 9.80 Å². The van der Waals surface area contributed by atoms with Crippen LogP contribution in [0.25, 0.3) is 0 Å². The summed E-state index contributed by atoms with van der Waals surface area (Å²) in [6.07, 6.45) is 2.15. The second-order valence-corrected chi connectivity index (χ2v) is 6.60. The van der Waals surface area contributed by atoms with Gasteiger partial charge in [0.15, 0.2) is 0 Å². The van der Waals surface area contributed by atoms with Crippen LogP contribution in [0.2, 0.25) is 0 Å². The van der Waals surface area contributed by atoms with Crippen molar-refractivity contribution >= 4 is 0 Å². The van der Waals surface area contributed by atoms with Crippen LogP contribution in [0, 0.1) is 11.3 Å². The number of hydrogen-bond acceptors (Lipinski definition) is 4. The summed E-state index contributed by atoms with van der Waals surface area (Å²) in [5, 5.41) is 19.2. The molecule has 2 aliphatic rings. The van der Waals surface area contributed by atoms with Crippen LogP contribution in [-0.4, -0.2) is 72.0 Å².